The molecule has 0 bridgehead atoms. The number of cyclic esters (lactones) is 1. The third-order valence-corrected chi connectivity index (χ3v) is 18.0. The van der Waals surface area contributed by atoms with E-state index in [1.54, 1.807) is 35.0 Å². The number of rotatable bonds is 29. The number of halogens is 1. The Morgan fingerprint density at radius 3 is 1.16 bits per heavy atom. The van der Waals surface area contributed by atoms with Crippen LogP contribution in [0, 0.1) is 37.9 Å². The zero-order valence-corrected chi connectivity index (χ0v) is 66.5. The summed E-state index contributed by atoms with van der Waals surface area (Å²) in [6, 6.07) is 0. The summed E-state index contributed by atoms with van der Waals surface area (Å²) >= 11 is 5.43. The Morgan fingerprint density at radius 2 is 0.821 bits per heavy atom. The summed E-state index contributed by atoms with van der Waals surface area (Å²) < 4.78 is 81.9. The highest BCUT2D eigenvalue weighted by atomic mass is 35.5. The Bertz CT molecular complexity index is 2250. The normalized spacial score (nSPS) is 18.2. The molecule has 8 unspecified atom stereocenters. The largest absolute Gasteiger partial charge is 0.465 e. The Morgan fingerprint density at radius 1 is 0.455 bits per heavy atom. The fourth-order valence-corrected chi connectivity index (χ4v) is 7.00. The number of carbonyl (C=O) groups excluding carboxylic acids is 8. The average Bonchev–Trinajstić information content (AvgIpc) is 0.844. The molecule has 0 aromatic rings. The van der Waals surface area contributed by atoms with E-state index in [-0.39, 0.29) is 189 Å². The Kier molecular flexibility index (Phi) is 98.9. The van der Waals surface area contributed by atoms with Gasteiger partial charge in [-0.15, -0.1) is 11.6 Å². The molecule has 4 aliphatic rings. The maximum atomic E-state index is 11.9. The van der Waals surface area contributed by atoms with Gasteiger partial charge in [0.25, 0.3) is 0 Å². The fraction of sp³-hybridized carbons (Fsp3) is 0.908. The number of hydrogen-bond donors (Lipinski definition) is 0. The van der Waals surface area contributed by atoms with Crippen molar-refractivity contribution in [3.05, 3.63) is 0 Å². The van der Waals surface area contributed by atoms with Gasteiger partial charge in [-0.25, -0.2) is 0 Å². The molecule has 0 N–H and O–H groups in total. The number of hydrogen-bond acceptors (Lipinski definition) is 24. The molecule has 4 saturated heterocycles. The van der Waals surface area contributed by atoms with E-state index < -0.39 is 63.3 Å². The summed E-state index contributed by atoms with van der Waals surface area (Å²) in [7, 11) is 4.68. The summed E-state index contributed by atoms with van der Waals surface area (Å²) in [4.78, 5) is 92.3. The summed E-state index contributed by atoms with van der Waals surface area (Å²) in [5.41, 5.74) is -3.72. The molecule has 4 rings (SSSR count). The second kappa shape index (κ2) is 74.3. The highest BCUT2D eigenvalue weighted by Crippen LogP contribution is 2.33. The predicted molar refractivity (Wildman–Crippen MR) is 467 cm³/mol. The molecular formula is C87H191ClO24. The molecule has 0 spiro atoms. The van der Waals surface area contributed by atoms with Gasteiger partial charge in [0, 0.05) is 53.1 Å². The first-order valence-electron chi connectivity index (χ1n) is 35.1. The van der Waals surface area contributed by atoms with Gasteiger partial charge in [0.05, 0.1) is 70.8 Å². The molecule has 4 aliphatic heterocycles. The third kappa shape index (κ3) is 61.1. The van der Waals surface area contributed by atoms with Crippen molar-refractivity contribution < 1.29 is 114 Å². The smallest absolute Gasteiger partial charge is 0.313 e. The zero-order chi connectivity index (χ0) is 76.5. The van der Waals surface area contributed by atoms with E-state index in [2.05, 4.69) is 4.74 Å². The summed E-state index contributed by atoms with van der Waals surface area (Å²) in [6.45, 7) is 49.5. The van der Waals surface area contributed by atoms with Crippen LogP contribution in [-0.2, 0) is 114 Å². The standard InChI is InChI=1S/C12H20O4.C12H22O4.C11H20O3.C10H19ClO3.C10H18O4.C10H20O3.C8H16O3.14CH4/c1-5-11(2,3)10(14)16-12(4)6-7-15-9(13)8-12;1-5-12(2,3)11(13)16-10-8-6-7-9(14-4)15-10;1-4-11(2,3)10(12)14-9-7-5-6-8-13-9;1-5-10(3,4)9(12)14-8(2)13-7-6-11;1-5-10(2,3)9(11)14-8-7(12-4)6-13-8;1-6-10(4,5)9(11)13-8(3)12-7-2;1-5-8(2,3)7(9)11-6-10-4;;;;;;;;;;;;;;/h5-8H2,1-4H3;9-10H,5-8H2,1-4H3;9H,4-8H2,1-3H3;8H,5-7H2,1-4H3;7-8H,5-6H2,1-4H3;8H,6-7H2,1-5H3;5-6H2,1-4H3;14*1H4. The monoisotopic (exact) mass is 1660 g/mol. The number of ether oxygens (including phenoxy) is 16. The van der Waals surface area contributed by atoms with Crippen LogP contribution in [0.4, 0.5) is 0 Å². The van der Waals surface area contributed by atoms with E-state index in [1.165, 1.54) is 7.11 Å². The van der Waals surface area contributed by atoms with Crippen LogP contribution in [0.1, 0.15) is 373 Å². The second-order valence-electron chi connectivity index (χ2n) is 29.1. The van der Waals surface area contributed by atoms with E-state index in [9.17, 15) is 38.4 Å². The third-order valence-electron chi connectivity index (χ3n) is 17.8. The molecule has 0 radical (unpaired) electrons. The van der Waals surface area contributed by atoms with E-state index in [0.717, 1.165) is 77.0 Å². The van der Waals surface area contributed by atoms with Gasteiger partial charge >= 0.3 is 47.8 Å². The fourth-order valence-electron chi connectivity index (χ4n) is 6.91. The number of alkyl halides is 1. The Balaban J connectivity index is -0.0000000616. The van der Waals surface area contributed by atoms with Crippen LogP contribution in [-0.4, -0.2) is 164 Å². The zero-order valence-electron chi connectivity index (χ0n) is 65.8. The first kappa shape index (κ1) is 149. The first-order chi connectivity index (χ1) is 45.3. The molecule has 24 nitrogen and oxygen atoms in total. The molecule has 0 saturated carbocycles. The van der Waals surface area contributed by atoms with Crippen molar-refractivity contribution in [2.24, 2.45) is 37.9 Å². The van der Waals surface area contributed by atoms with Crippen molar-refractivity contribution in [2.75, 3.05) is 67.0 Å². The van der Waals surface area contributed by atoms with Gasteiger partial charge in [-0.05, 0) is 195 Å². The van der Waals surface area contributed by atoms with Gasteiger partial charge in [-0.3, -0.25) is 38.4 Å². The van der Waals surface area contributed by atoms with Crippen LogP contribution in [0.15, 0.2) is 0 Å². The highest BCUT2D eigenvalue weighted by molar-refractivity contribution is 6.18. The molecular weight excluding hydrogens is 1460 g/mol. The Labute approximate surface area is 698 Å². The van der Waals surface area contributed by atoms with Crippen LogP contribution < -0.4 is 0 Å². The van der Waals surface area contributed by atoms with Gasteiger partial charge in [-0.1, -0.05) is 152 Å². The number of methoxy groups -OCH3 is 3. The maximum Gasteiger partial charge on any atom is 0.313 e. The molecule has 0 aromatic carbocycles. The van der Waals surface area contributed by atoms with Gasteiger partial charge in [0.1, 0.15) is 11.7 Å². The summed E-state index contributed by atoms with van der Waals surface area (Å²) in [5.74, 6) is -1.35. The molecule has 0 aromatic heterocycles. The molecule has 0 amide bonds. The van der Waals surface area contributed by atoms with Crippen molar-refractivity contribution in [2.45, 2.75) is 423 Å². The van der Waals surface area contributed by atoms with Crippen LogP contribution in [0.2, 0.25) is 0 Å². The minimum Gasteiger partial charge on any atom is -0.465 e. The van der Waals surface area contributed by atoms with Crippen molar-refractivity contribution in [1.29, 1.82) is 0 Å². The molecule has 4 heterocycles. The van der Waals surface area contributed by atoms with Crippen molar-refractivity contribution in [3.63, 3.8) is 0 Å². The first-order valence-corrected chi connectivity index (χ1v) is 35.6. The van der Waals surface area contributed by atoms with Crippen molar-refractivity contribution in [1.82, 2.24) is 0 Å². The molecule has 690 valence electrons. The van der Waals surface area contributed by atoms with Crippen LogP contribution in [0.25, 0.3) is 0 Å². The van der Waals surface area contributed by atoms with Gasteiger partial charge < -0.3 is 75.8 Å². The van der Waals surface area contributed by atoms with E-state index in [0.29, 0.717) is 51.8 Å². The van der Waals surface area contributed by atoms with E-state index in [4.69, 9.17) is 82.7 Å². The average molecular weight is 1660 g/mol. The van der Waals surface area contributed by atoms with Gasteiger partial charge in [-0.2, -0.15) is 0 Å². The van der Waals surface area contributed by atoms with Crippen LogP contribution in [0.3, 0.4) is 0 Å². The predicted octanol–water partition coefficient (Wildman–Crippen LogP) is 23.7. The summed E-state index contributed by atoms with van der Waals surface area (Å²) in [5, 5.41) is 0. The molecule has 0 aliphatic carbocycles. The molecule has 4 fully saturated rings. The minimum absolute atomic E-state index is 0. The second-order valence-corrected chi connectivity index (χ2v) is 29.5. The van der Waals surface area contributed by atoms with Crippen LogP contribution >= 0.6 is 11.6 Å². The number of carbonyl (C=O) groups is 8. The SMILES string of the molecule is C.C.C.C.C.C.C.C.C.C.C.C.C.C.CCC(C)(C)C(=O)OC(C)OCCCl.CCC(C)(C)C(=O)OC1(C)CCOC(=O)C1.CCC(C)(C)C(=O)OC1CCCC(OC)O1.CCC(C)(C)C(=O)OC1CCCCO1.CCC(C)(C)C(=O)OC1OCC1OC.CCC(C)(C)C(=O)OCOC.CCOC(C)OC(=O)C(C)(C)CC. The maximum absolute atomic E-state index is 11.9. The quantitative estimate of drug-likeness (QED) is 0.0291. The van der Waals surface area contributed by atoms with E-state index >= 15 is 0 Å². The van der Waals surface area contributed by atoms with Crippen LogP contribution in [0.5, 0.6) is 0 Å². The lowest BCUT2D eigenvalue weighted by Gasteiger charge is -2.36. The van der Waals surface area contributed by atoms with Gasteiger partial charge in [0.15, 0.2) is 25.7 Å². The lowest BCUT2D eigenvalue weighted by atomic mass is 9.89. The highest BCUT2D eigenvalue weighted by Gasteiger charge is 2.42. The summed E-state index contributed by atoms with van der Waals surface area (Å²) in [6.07, 6.45) is 9.03. The van der Waals surface area contributed by atoms with Gasteiger partial charge in [0.2, 0.25) is 18.9 Å². The molecule has 25 heteroatoms. The molecule has 8 atom stereocenters. The minimum atomic E-state index is -0.696. The topological polar surface area (TPSA) is 284 Å². The van der Waals surface area contributed by atoms with Crippen molar-refractivity contribution in [3.8, 4) is 0 Å². The lowest BCUT2D eigenvalue weighted by Crippen LogP contribution is -2.50. The lowest BCUT2D eigenvalue weighted by molar-refractivity contribution is -0.282. The number of esters is 8. The van der Waals surface area contributed by atoms with E-state index in [1.807, 2.05) is 152 Å². The van der Waals surface area contributed by atoms with Crippen molar-refractivity contribution >= 4 is 59.4 Å². The Hall–Kier alpha value is -4.27. The molecule has 112 heavy (non-hydrogen) atoms.